The zero-order valence-corrected chi connectivity index (χ0v) is 18.9. The molecule has 1 fully saturated rings. The summed E-state index contributed by atoms with van der Waals surface area (Å²) >= 11 is 6.29. The maximum atomic E-state index is 13.4. The summed E-state index contributed by atoms with van der Waals surface area (Å²) in [6.45, 7) is 1.82. The quantitative estimate of drug-likeness (QED) is 0.494. The van der Waals surface area contributed by atoms with E-state index in [1.165, 1.54) is 24.7 Å². The molecule has 1 aliphatic carbocycles. The van der Waals surface area contributed by atoms with E-state index in [9.17, 15) is 13.2 Å². The highest BCUT2D eigenvalue weighted by atomic mass is 35.5. The minimum Gasteiger partial charge on any atom is -0.411 e. The molecule has 0 radical (unpaired) electrons. The van der Waals surface area contributed by atoms with Gasteiger partial charge in [-0.2, -0.15) is 0 Å². The van der Waals surface area contributed by atoms with Gasteiger partial charge < -0.3 is 10.5 Å². The lowest BCUT2D eigenvalue weighted by Gasteiger charge is -2.34. The average molecular weight is 465 g/mol. The normalized spacial score (nSPS) is 18.8. The molecule has 1 amide bonds. The lowest BCUT2D eigenvalue weighted by Crippen LogP contribution is -2.40. The Kier molecular flexibility index (Phi) is 6.96. The molecule has 1 aromatic carbocycles. The van der Waals surface area contributed by atoms with Crippen LogP contribution in [0.3, 0.4) is 0 Å². The molecule has 10 heteroatoms. The summed E-state index contributed by atoms with van der Waals surface area (Å²) in [4.78, 5) is 21.5. The molecule has 2 N–H and O–H groups in total. The number of nitrogens with one attached hydrogen (secondary N) is 1. The Morgan fingerprint density at radius 2 is 2.03 bits per heavy atom. The van der Waals surface area contributed by atoms with Crippen LogP contribution in [-0.4, -0.2) is 41.5 Å². The first-order valence-electron chi connectivity index (χ1n) is 9.91. The van der Waals surface area contributed by atoms with E-state index in [1.807, 2.05) is 6.92 Å². The highest BCUT2D eigenvalue weighted by Gasteiger charge is 2.39. The van der Waals surface area contributed by atoms with Gasteiger partial charge in [0.25, 0.3) is 0 Å². The number of carbonyl (C=O) groups excluding carboxylic acids is 1. The summed E-state index contributed by atoms with van der Waals surface area (Å²) in [5, 5.41) is 15.2. The highest BCUT2D eigenvalue weighted by molar-refractivity contribution is 7.90. The minimum absolute atomic E-state index is 0.0241. The Bertz CT molecular complexity index is 1080. The van der Waals surface area contributed by atoms with E-state index in [0.29, 0.717) is 30.6 Å². The highest BCUT2D eigenvalue weighted by Crippen LogP contribution is 2.39. The molecule has 0 saturated heterocycles. The zero-order valence-electron chi connectivity index (χ0n) is 17.4. The molecule has 0 aliphatic heterocycles. The van der Waals surface area contributed by atoms with Gasteiger partial charge in [0, 0.05) is 18.6 Å². The van der Waals surface area contributed by atoms with E-state index in [1.54, 1.807) is 12.1 Å². The fourth-order valence-corrected chi connectivity index (χ4v) is 5.33. The lowest BCUT2D eigenvalue weighted by atomic mass is 9.71. The summed E-state index contributed by atoms with van der Waals surface area (Å²) in [6.07, 6.45) is 9.02. The van der Waals surface area contributed by atoms with Crippen LogP contribution >= 0.6 is 11.6 Å². The fourth-order valence-electron chi connectivity index (χ4n) is 4.00. The van der Waals surface area contributed by atoms with Crippen molar-refractivity contribution in [3.63, 3.8) is 0 Å². The molecule has 1 aliphatic rings. The molecule has 0 spiro atoms. The number of anilines is 1. The van der Waals surface area contributed by atoms with Crippen molar-refractivity contribution in [2.24, 2.45) is 11.1 Å². The van der Waals surface area contributed by atoms with Gasteiger partial charge in [-0.15, -0.1) is 0 Å². The van der Waals surface area contributed by atoms with Crippen LogP contribution in [0.5, 0.6) is 0 Å². The molecule has 1 aromatic heterocycles. The molecule has 0 bridgehead atoms. The Morgan fingerprint density at radius 1 is 1.32 bits per heavy atom. The average Bonchev–Trinajstić information content (AvgIpc) is 2.74. The van der Waals surface area contributed by atoms with Crippen LogP contribution in [0.2, 0.25) is 5.02 Å². The van der Waals surface area contributed by atoms with Crippen molar-refractivity contribution in [1.29, 1.82) is 0 Å². The molecule has 8 nitrogen and oxygen atoms in total. The maximum absolute atomic E-state index is 13.4. The number of oxime groups is 1. The van der Waals surface area contributed by atoms with Gasteiger partial charge in [0.05, 0.1) is 27.2 Å². The second kappa shape index (κ2) is 9.32. The van der Waals surface area contributed by atoms with Crippen LogP contribution in [0.15, 0.2) is 46.8 Å². The van der Waals surface area contributed by atoms with Crippen molar-refractivity contribution >= 4 is 38.9 Å². The van der Waals surface area contributed by atoms with Gasteiger partial charge in [0.1, 0.15) is 0 Å². The van der Waals surface area contributed by atoms with Crippen LogP contribution in [0.4, 0.5) is 5.82 Å². The number of nitrogens with zero attached hydrogens (tertiary/aromatic N) is 3. The standard InChI is InChI=1S/C21H25ClN4O4S/c1-21(12-14-3-6-16(26-28)7-4-14,20(27)25-19-13-23-9-10-24-19)15-5-8-18(17(22)11-15)31(2,29)30/h5,8-11,13-14,28H,3-4,6-7,12H2,1-2H3,(H,24,25,27). The first-order chi connectivity index (χ1) is 14.6. The molecule has 3 rings (SSSR count). The van der Waals surface area contributed by atoms with Gasteiger partial charge in [0.2, 0.25) is 5.91 Å². The topological polar surface area (TPSA) is 122 Å². The number of hydrogen-bond donors (Lipinski definition) is 2. The summed E-state index contributed by atoms with van der Waals surface area (Å²) in [5.41, 5.74) is 0.394. The first kappa shape index (κ1) is 23.1. The van der Waals surface area contributed by atoms with E-state index >= 15 is 0 Å². The summed E-state index contributed by atoms with van der Waals surface area (Å²) in [5.74, 6) is 0.269. The van der Waals surface area contributed by atoms with Gasteiger partial charge in [-0.05, 0) is 62.6 Å². The van der Waals surface area contributed by atoms with E-state index in [4.69, 9.17) is 16.8 Å². The Hall–Kier alpha value is -2.52. The summed E-state index contributed by atoms with van der Waals surface area (Å²) < 4.78 is 23.9. The minimum atomic E-state index is -3.49. The van der Waals surface area contributed by atoms with Gasteiger partial charge in [-0.1, -0.05) is 22.8 Å². The lowest BCUT2D eigenvalue weighted by molar-refractivity contribution is -0.121. The van der Waals surface area contributed by atoms with Crippen molar-refractivity contribution in [3.05, 3.63) is 47.4 Å². The third-order valence-corrected chi connectivity index (χ3v) is 7.37. The van der Waals surface area contributed by atoms with Crippen LogP contribution in [-0.2, 0) is 20.0 Å². The van der Waals surface area contributed by atoms with Crippen LogP contribution in [0.25, 0.3) is 0 Å². The largest absolute Gasteiger partial charge is 0.411 e. The Labute approximate surface area is 186 Å². The predicted octanol–water partition coefficient (Wildman–Crippen LogP) is 3.84. The van der Waals surface area contributed by atoms with E-state index in [-0.39, 0.29) is 21.7 Å². The van der Waals surface area contributed by atoms with Crippen LogP contribution in [0.1, 0.15) is 44.6 Å². The number of amides is 1. The van der Waals surface area contributed by atoms with Gasteiger partial charge >= 0.3 is 0 Å². The van der Waals surface area contributed by atoms with Crippen molar-refractivity contribution in [2.75, 3.05) is 11.6 Å². The third-order valence-electron chi connectivity index (χ3n) is 5.80. The molecule has 1 unspecified atom stereocenters. The number of hydrogen-bond acceptors (Lipinski definition) is 7. The molecule has 166 valence electrons. The van der Waals surface area contributed by atoms with Gasteiger partial charge in [-0.3, -0.25) is 9.78 Å². The van der Waals surface area contributed by atoms with Gasteiger partial charge in [0.15, 0.2) is 15.7 Å². The fraction of sp³-hybridized carbons (Fsp3) is 0.429. The van der Waals surface area contributed by atoms with Crippen LogP contribution in [0, 0.1) is 5.92 Å². The van der Waals surface area contributed by atoms with E-state index in [0.717, 1.165) is 24.8 Å². The molecule has 1 atom stereocenters. The number of sulfone groups is 1. The van der Waals surface area contributed by atoms with Gasteiger partial charge in [-0.25, -0.2) is 13.4 Å². The molecular formula is C21H25ClN4O4S. The second-order valence-electron chi connectivity index (χ2n) is 8.11. The number of rotatable bonds is 6. The van der Waals surface area contributed by atoms with Crippen molar-refractivity contribution < 1.29 is 18.4 Å². The predicted molar refractivity (Wildman–Crippen MR) is 118 cm³/mol. The SMILES string of the molecule is CC(CC1CCC(=NO)CC1)(C(=O)Nc1cnccn1)c1ccc(S(C)(=O)=O)c(Cl)c1. The number of halogens is 1. The summed E-state index contributed by atoms with van der Waals surface area (Å²) in [6, 6.07) is 4.64. The van der Waals surface area contributed by atoms with E-state index in [2.05, 4.69) is 20.4 Å². The third kappa shape index (κ3) is 5.40. The summed E-state index contributed by atoms with van der Waals surface area (Å²) in [7, 11) is -3.49. The molecule has 31 heavy (non-hydrogen) atoms. The van der Waals surface area contributed by atoms with Crippen molar-refractivity contribution in [3.8, 4) is 0 Å². The Balaban J connectivity index is 1.95. The molecule has 1 saturated carbocycles. The Morgan fingerprint density at radius 3 is 2.58 bits per heavy atom. The molecule has 2 aromatic rings. The first-order valence-corrected chi connectivity index (χ1v) is 12.2. The molecule has 1 heterocycles. The van der Waals surface area contributed by atoms with Crippen LogP contribution < -0.4 is 5.32 Å². The van der Waals surface area contributed by atoms with Crippen molar-refractivity contribution in [1.82, 2.24) is 9.97 Å². The zero-order chi connectivity index (χ0) is 22.6. The molecular weight excluding hydrogens is 440 g/mol. The monoisotopic (exact) mass is 464 g/mol. The van der Waals surface area contributed by atoms with Crippen molar-refractivity contribution in [2.45, 2.75) is 49.3 Å². The smallest absolute Gasteiger partial charge is 0.235 e. The van der Waals surface area contributed by atoms with E-state index < -0.39 is 15.3 Å². The number of benzene rings is 1. The maximum Gasteiger partial charge on any atom is 0.235 e. The number of aromatic nitrogens is 2. The second-order valence-corrected chi connectivity index (χ2v) is 10.5. The number of carbonyl (C=O) groups is 1.